The summed E-state index contributed by atoms with van der Waals surface area (Å²) in [5.41, 5.74) is 3.98. The van der Waals surface area contributed by atoms with Crippen LogP contribution in [0.15, 0.2) is 29.8 Å². The van der Waals surface area contributed by atoms with Crippen molar-refractivity contribution in [2.75, 3.05) is 6.54 Å². The molecule has 0 fully saturated rings. The van der Waals surface area contributed by atoms with Crippen LogP contribution < -0.4 is 5.32 Å². The van der Waals surface area contributed by atoms with Crippen LogP contribution in [0.5, 0.6) is 0 Å². The van der Waals surface area contributed by atoms with Crippen LogP contribution in [0, 0.1) is 13.8 Å². The molecule has 1 aromatic carbocycles. The van der Waals surface area contributed by atoms with Crippen LogP contribution in [0.25, 0.3) is 0 Å². The third-order valence-corrected chi connectivity index (χ3v) is 3.87. The van der Waals surface area contributed by atoms with Gasteiger partial charge >= 0.3 is 0 Å². The average molecular weight is 260 g/mol. The van der Waals surface area contributed by atoms with E-state index in [4.69, 9.17) is 0 Å². The fourth-order valence-electron chi connectivity index (χ4n) is 2.15. The fourth-order valence-corrected chi connectivity index (χ4v) is 2.87. The van der Waals surface area contributed by atoms with Crippen molar-refractivity contribution in [3.8, 4) is 0 Å². The maximum atomic E-state index is 4.47. The quantitative estimate of drug-likeness (QED) is 0.883. The van der Waals surface area contributed by atoms with Gasteiger partial charge < -0.3 is 5.32 Å². The summed E-state index contributed by atoms with van der Waals surface area (Å²) in [7, 11) is 0. The summed E-state index contributed by atoms with van der Waals surface area (Å²) < 4.78 is 0. The van der Waals surface area contributed by atoms with Gasteiger partial charge in [-0.15, -0.1) is 11.3 Å². The van der Waals surface area contributed by atoms with E-state index in [1.54, 1.807) is 11.3 Å². The van der Waals surface area contributed by atoms with E-state index in [0.717, 1.165) is 18.0 Å². The van der Waals surface area contributed by atoms with Gasteiger partial charge in [-0.3, -0.25) is 0 Å². The average Bonchev–Trinajstić information content (AvgIpc) is 2.85. The molecule has 0 spiro atoms. The molecule has 0 bridgehead atoms. The van der Waals surface area contributed by atoms with Crippen molar-refractivity contribution in [3.05, 3.63) is 51.5 Å². The molecule has 1 aromatic heterocycles. The van der Waals surface area contributed by atoms with Crippen LogP contribution >= 0.6 is 11.3 Å². The number of hydrogen-bond acceptors (Lipinski definition) is 3. The molecule has 1 atom stereocenters. The van der Waals surface area contributed by atoms with Crippen molar-refractivity contribution < 1.29 is 0 Å². The van der Waals surface area contributed by atoms with Gasteiger partial charge in [-0.2, -0.15) is 0 Å². The lowest BCUT2D eigenvalue weighted by Gasteiger charge is -2.19. The minimum Gasteiger partial charge on any atom is -0.304 e. The molecule has 2 nitrogen and oxygen atoms in total. The maximum absolute atomic E-state index is 4.47. The van der Waals surface area contributed by atoms with Crippen LogP contribution in [0.2, 0.25) is 0 Å². The maximum Gasteiger partial charge on any atom is 0.114 e. The van der Waals surface area contributed by atoms with Gasteiger partial charge in [0.15, 0.2) is 0 Å². The number of thiazole rings is 1. The van der Waals surface area contributed by atoms with Gasteiger partial charge in [0.05, 0.1) is 6.04 Å². The minimum atomic E-state index is 0.227. The summed E-state index contributed by atoms with van der Waals surface area (Å²) in [5, 5.41) is 6.79. The molecular formula is C15H20N2S. The van der Waals surface area contributed by atoms with E-state index in [-0.39, 0.29) is 6.04 Å². The van der Waals surface area contributed by atoms with E-state index in [0.29, 0.717) is 0 Å². The van der Waals surface area contributed by atoms with Gasteiger partial charge in [-0.25, -0.2) is 4.98 Å². The normalized spacial score (nSPS) is 12.6. The molecular weight excluding hydrogens is 240 g/mol. The Balaban J connectivity index is 2.33. The summed E-state index contributed by atoms with van der Waals surface area (Å²) in [6, 6.07) is 6.87. The predicted molar refractivity (Wildman–Crippen MR) is 78.2 cm³/mol. The minimum absolute atomic E-state index is 0.227. The molecule has 1 N–H and O–H groups in total. The van der Waals surface area contributed by atoms with E-state index in [1.807, 2.05) is 11.6 Å². The van der Waals surface area contributed by atoms with Gasteiger partial charge in [0.2, 0.25) is 0 Å². The summed E-state index contributed by atoms with van der Waals surface area (Å²) >= 11 is 1.72. The van der Waals surface area contributed by atoms with Crippen LogP contribution in [0.3, 0.4) is 0 Å². The molecule has 96 valence electrons. The molecule has 1 unspecified atom stereocenters. The number of benzene rings is 1. The van der Waals surface area contributed by atoms with E-state index in [1.165, 1.54) is 16.7 Å². The van der Waals surface area contributed by atoms with E-state index in [9.17, 15) is 0 Å². The zero-order valence-corrected chi connectivity index (χ0v) is 12.1. The molecule has 0 saturated heterocycles. The Labute approximate surface area is 113 Å². The summed E-state index contributed by atoms with van der Waals surface area (Å²) in [5.74, 6) is 0. The van der Waals surface area contributed by atoms with Crippen molar-refractivity contribution in [2.45, 2.75) is 33.2 Å². The highest BCUT2D eigenvalue weighted by atomic mass is 32.1. The number of aryl methyl sites for hydroxylation is 2. The van der Waals surface area contributed by atoms with E-state index < -0.39 is 0 Å². The van der Waals surface area contributed by atoms with Gasteiger partial charge in [0.1, 0.15) is 5.01 Å². The van der Waals surface area contributed by atoms with Crippen molar-refractivity contribution in [1.82, 2.24) is 10.3 Å². The largest absolute Gasteiger partial charge is 0.304 e. The smallest absolute Gasteiger partial charge is 0.114 e. The second-order valence-electron chi connectivity index (χ2n) is 4.62. The molecule has 0 saturated carbocycles. The lowest BCUT2D eigenvalue weighted by Crippen LogP contribution is -2.23. The molecule has 0 aliphatic rings. The van der Waals surface area contributed by atoms with Crippen LogP contribution in [0.1, 0.15) is 41.1 Å². The van der Waals surface area contributed by atoms with Gasteiger partial charge in [0.25, 0.3) is 0 Å². The first kappa shape index (κ1) is 13.2. The van der Waals surface area contributed by atoms with Crippen LogP contribution in [0.4, 0.5) is 0 Å². The molecule has 0 amide bonds. The fraction of sp³-hybridized carbons (Fsp3) is 0.400. The van der Waals surface area contributed by atoms with Crippen molar-refractivity contribution >= 4 is 11.3 Å². The molecule has 0 aliphatic carbocycles. The summed E-state index contributed by atoms with van der Waals surface area (Å²) in [4.78, 5) is 4.47. The first-order valence-electron chi connectivity index (χ1n) is 6.42. The Hall–Kier alpha value is -1.19. The molecule has 0 radical (unpaired) electrons. The Morgan fingerprint density at radius 1 is 1.33 bits per heavy atom. The lowest BCUT2D eigenvalue weighted by atomic mass is 9.99. The zero-order chi connectivity index (χ0) is 13.0. The van der Waals surface area contributed by atoms with E-state index in [2.05, 4.69) is 49.3 Å². The lowest BCUT2D eigenvalue weighted by molar-refractivity contribution is 0.593. The van der Waals surface area contributed by atoms with Gasteiger partial charge in [0, 0.05) is 11.6 Å². The molecule has 1 heterocycles. The number of nitrogens with one attached hydrogen (secondary N) is 1. The number of rotatable bonds is 5. The number of nitrogens with zero attached hydrogens (tertiary/aromatic N) is 1. The topological polar surface area (TPSA) is 24.9 Å². The highest BCUT2D eigenvalue weighted by Crippen LogP contribution is 2.26. The monoisotopic (exact) mass is 260 g/mol. The molecule has 2 rings (SSSR count). The molecule has 3 heteroatoms. The Bertz CT molecular complexity index is 491. The summed E-state index contributed by atoms with van der Waals surface area (Å²) in [6.07, 6.45) is 3.01. The van der Waals surface area contributed by atoms with Gasteiger partial charge in [-0.05, 0) is 37.9 Å². The van der Waals surface area contributed by atoms with Crippen molar-refractivity contribution in [3.63, 3.8) is 0 Å². The van der Waals surface area contributed by atoms with Gasteiger partial charge in [-0.1, -0.05) is 30.7 Å². The first-order valence-corrected chi connectivity index (χ1v) is 7.30. The second-order valence-corrected chi connectivity index (χ2v) is 5.54. The van der Waals surface area contributed by atoms with E-state index >= 15 is 0 Å². The Morgan fingerprint density at radius 3 is 2.78 bits per heavy atom. The molecule has 0 aliphatic heterocycles. The highest BCUT2D eigenvalue weighted by Gasteiger charge is 2.17. The third-order valence-electron chi connectivity index (χ3n) is 3.03. The highest BCUT2D eigenvalue weighted by molar-refractivity contribution is 7.09. The number of aromatic nitrogens is 1. The predicted octanol–water partition coefficient (Wildman–Crippen LogP) is 3.85. The standard InChI is InChI=1S/C15H20N2S/c1-4-7-16-14(15-17-8-9-18-15)13-6-5-11(2)10-12(13)3/h5-6,8-10,14,16H,4,7H2,1-3H3. The van der Waals surface area contributed by atoms with Crippen molar-refractivity contribution in [1.29, 1.82) is 0 Å². The SMILES string of the molecule is CCCNC(c1nccs1)c1ccc(C)cc1C. The second kappa shape index (κ2) is 6.12. The van der Waals surface area contributed by atoms with Crippen molar-refractivity contribution in [2.24, 2.45) is 0 Å². The third kappa shape index (κ3) is 2.98. The molecule has 2 aromatic rings. The van der Waals surface area contributed by atoms with Crippen LogP contribution in [-0.4, -0.2) is 11.5 Å². The summed E-state index contributed by atoms with van der Waals surface area (Å²) in [6.45, 7) is 7.51. The molecule has 18 heavy (non-hydrogen) atoms. The Kier molecular flexibility index (Phi) is 4.50. The van der Waals surface area contributed by atoms with Crippen LogP contribution in [-0.2, 0) is 0 Å². The number of hydrogen-bond donors (Lipinski definition) is 1. The zero-order valence-electron chi connectivity index (χ0n) is 11.2. The Morgan fingerprint density at radius 2 is 2.17 bits per heavy atom. The first-order chi connectivity index (χ1) is 8.72.